The minimum atomic E-state index is 0.759. The average molecular weight is 264 g/mol. The lowest BCUT2D eigenvalue weighted by Gasteiger charge is -2.07. The number of nitrogens with zero attached hydrogens (tertiary/aromatic N) is 1. The Hall–Kier alpha value is -1.10. The van der Waals surface area contributed by atoms with Crippen LogP contribution in [0.25, 0.3) is 0 Å². The molecule has 2 aromatic rings. The van der Waals surface area contributed by atoms with Crippen molar-refractivity contribution in [3.63, 3.8) is 0 Å². The molecular weight excluding hydrogens is 244 g/mol. The third-order valence-electron chi connectivity index (χ3n) is 3.06. The summed E-state index contributed by atoms with van der Waals surface area (Å²) < 4.78 is 7.32. The third kappa shape index (κ3) is 3.45. The quantitative estimate of drug-likeness (QED) is 0.778. The average Bonchev–Trinajstić information content (AvgIpc) is 2.99. The van der Waals surface area contributed by atoms with Crippen molar-refractivity contribution in [1.29, 1.82) is 0 Å². The van der Waals surface area contributed by atoms with Gasteiger partial charge in [0.2, 0.25) is 0 Å². The van der Waals surface area contributed by atoms with Gasteiger partial charge in [0.15, 0.2) is 0 Å². The first-order chi connectivity index (χ1) is 8.81. The van der Waals surface area contributed by atoms with Crippen molar-refractivity contribution in [3.8, 4) is 0 Å². The predicted octanol–water partition coefficient (Wildman–Crippen LogP) is 2.64. The lowest BCUT2D eigenvalue weighted by Crippen LogP contribution is -2.18. The summed E-state index contributed by atoms with van der Waals surface area (Å²) in [5.41, 5.74) is 2.70. The van der Waals surface area contributed by atoms with Gasteiger partial charge < -0.3 is 14.6 Å². The number of hydrogen-bond donors (Lipinski definition) is 1. The number of hydrogen-bond acceptors (Lipinski definition) is 3. The summed E-state index contributed by atoms with van der Waals surface area (Å²) in [4.78, 5) is 1.40. The van der Waals surface area contributed by atoms with Gasteiger partial charge in [-0.05, 0) is 30.0 Å². The van der Waals surface area contributed by atoms with Crippen LogP contribution >= 0.6 is 11.3 Å². The molecule has 0 unspecified atom stereocenters. The molecule has 0 bridgehead atoms. The Morgan fingerprint density at radius 2 is 2.28 bits per heavy atom. The molecule has 0 aliphatic heterocycles. The van der Waals surface area contributed by atoms with E-state index in [1.807, 2.05) is 11.3 Å². The van der Waals surface area contributed by atoms with Gasteiger partial charge in [-0.2, -0.15) is 0 Å². The summed E-state index contributed by atoms with van der Waals surface area (Å²) in [5.74, 6) is 0. The molecule has 0 radical (unpaired) electrons. The molecule has 2 aromatic heterocycles. The molecule has 2 rings (SSSR count). The maximum atomic E-state index is 5.02. The van der Waals surface area contributed by atoms with Crippen LogP contribution in [-0.2, 0) is 17.8 Å². The Bertz CT molecular complexity index is 462. The van der Waals surface area contributed by atoms with Crippen molar-refractivity contribution in [2.24, 2.45) is 0 Å². The van der Waals surface area contributed by atoms with Crippen molar-refractivity contribution < 1.29 is 4.74 Å². The maximum Gasteiger partial charge on any atom is 0.0587 e. The molecule has 1 N–H and O–H groups in total. The van der Waals surface area contributed by atoms with Gasteiger partial charge in [-0.1, -0.05) is 6.07 Å². The summed E-state index contributed by atoms with van der Waals surface area (Å²) >= 11 is 1.81. The van der Waals surface area contributed by atoms with Crippen molar-refractivity contribution in [2.75, 3.05) is 20.3 Å². The first-order valence-electron chi connectivity index (χ1n) is 6.18. The van der Waals surface area contributed by atoms with Crippen LogP contribution in [0.4, 0.5) is 0 Å². The fourth-order valence-electron chi connectivity index (χ4n) is 1.92. The van der Waals surface area contributed by atoms with Gasteiger partial charge in [0, 0.05) is 37.0 Å². The Labute approximate surface area is 112 Å². The molecule has 0 aliphatic rings. The van der Waals surface area contributed by atoms with Gasteiger partial charge in [0.05, 0.1) is 13.2 Å². The van der Waals surface area contributed by atoms with Crippen LogP contribution in [-0.4, -0.2) is 24.8 Å². The van der Waals surface area contributed by atoms with Crippen molar-refractivity contribution >= 4 is 11.3 Å². The van der Waals surface area contributed by atoms with E-state index in [1.54, 1.807) is 7.11 Å². The SMILES string of the molecule is COCCNCc1ccn(Cc2cccs2)c1C. The number of rotatable bonds is 7. The molecule has 0 saturated heterocycles. The zero-order chi connectivity index (χ0) is 12.8. The van der Waals surface area contributed by atoms with Gasteiger partial charge in [-0.3, -0.25) is 0 Å². The van der Waals surface area contributed by atoms with E-state index in [9.17, 15) is 0 Å². The van der Waals surface area contributed by atoms with Crippen LogP contribution in [0.15, 0.2) is 29.8 Å². The standard InChI is InChI=1S/C14H20N2OS/c1-12-13(10-15-6-8-17-2)5-7-16(12)11-14-4-3-9-18-14/h3-5,7,9,15H,6,8,10-11H2,1-2H3. The zero-order valence-corrected chi connectivity index (χ0v) is 11.8. The Morgan fingerprint density at radius 1 is 1.39 bits per heavy atom. The lowest BCUT2D eigenvalue weighted by atomic mass is 10.2. The molecule has 3 nitrogen and oxygen atoms in total. The molecule has 18 heavy (non-hydrogen) atoms. The summed E-state index contributed by atoms with van der Waals surface area (Å²) in [6.07, 6.45) is 2.17. The number of aromatic nitrogens is 1. The topological polar surface area (TPSA) is 26.2 Å². The normalized spacial score (nSPS) is 11.0. The lowest BCUT2D eigenvalue weighted by molar-refractivity contribution is 0.199. The Balaban J connectivity index is 1.91. The minimum Gasteiger partial charge on any atom is -0.383 e. The predicted molar refractivity (Wildman–Crippen MR) is 76.2 cm³/mol. The summed E-state index contributed by atoms with van der Waals surface area (Å²) in [5, 5.41) is 5.51. The van der Waals surface area contributed by atoms with E-state index in [-0.39, 0.29) is 0 Å². The van der Waals surface area contributed by atoms with Gasteiger partial charge in [-0.25, -0.2) is 0 Å². The smallest absolute Gasteiger partial charge is 0.0587 e. The molecule has 0 atom stereocenters. The Kier molecular flexibility index (Phi) is 4.99. The fourth-order valence-corrected chi connectivity index (χ4v) is 2.63. The molecule has 0 spiro atoms. The number of nitrogens with one attached hydrogen (secondary N) is 1. The van der Waals surface area contributed by atoms with E-state index < -0.39 is 0 Å². The number of thiophene rings is 1. The van der Waals surface area contributed by atoms with Crippen molar-refractivity contribution in [2.45, 2.75) is 20.0 Å². The molecule has 0 amide bonds. The molecule has 0 aliphatic carbocycles. The number of methoxy groups -OCH3 is 1. The monoisotopic (exact) mass is 264 g/mol. The molecule has 2 heterocycles. The van der Waals surface area contributed by atoms with Crippen LogP contribution < -0.4 is 5.32 Å². The molecular formula is C14H20N2OS. The highest BCUT2D eigenvalue weighted by Gasteiger charge is 2.05. The molecule has 0 aromatic carbocycles. The second-order valence-electron chi connectivity index (χ2n) is 4.30. The van der Waals surface area contributed by atoms with Crippen LogP contribution in [0, 0.1) is 6.92 Å². The van der Waals surface area contributed by atoms with Crippen molar-refractivity contribution in [3.05, 3.63) is 45.9 Å². The van der Waals surface area contributed by atoms with Gasteiger partial charge in [0.25, 0.3) is 0 Å². The third-order valence-corrected chi connectivity index (χ3v) is 3.92. The molecule has 0 fully saturated rings. The largest absolute Gasteiger partial charge is 0.383 e. The molecule has 0 saturated carbocycles. The van der Waals surface area contributed by atoms with Gasteiger partial charge in [0.1, 0.15) is 0 Å². The van der Waals surface area contributed by atoms with E-state index in [0.29, 0.717) is 0 Å². The fraction of sp³-hybridized carbons (Fsp3) is 0.429. The summed E-state index contributed by atoms with van der Waals surface area (Å²) in [6.45, 7) is 5.72. The summed E-state index contributed by atoms with van der Waals surface area (Å²) in [6, 6.07) is 6.48. The highest BCUT2D eigenvalue weighted by atomic mass is 32.1. The zero-order valence-electron chi connectivity index (χ0n) is 11.0. The number of ether oxygens (including phenoxy) is 1. The van der Waals surface area contributed by atoms with Gasteiger partial charge in [-0.15, -0.1) is 11.3 Å². The highest BCUT2D eigenvalue weighted by molar-refractivity contribution is 7.09. The van der Waals surface area contributed by atoms with E-state index in [4.69, 9.17) is 4.74 Å². The first-order valence-corrected chi connectivity index (χ1v) is 7.06. The van der Waals surface area contributed by atoms with E-state index in [1.165, 1.54) is 16.1 Å². The van der Waals surface area contributed by atoms with E-state index >= 15 is 0 Å². The van der Waals surface area contributed by atoms with Crippen LogP contribution in [0.3, 0.4) is 0 Å². The first kappa shape index (κ1) is 13.3. The second-order valence-corrected chi connectivity index (χ2v) is 5.34. The minimum absolute atomic E-state index is 0.759. The van der Waals surface area contributed by atoms with Crippen LogP contribution in [0.5, 0.6) is 0 Å². The van der Waals surface area contributed by atoms with Gasteiger partial charge >= 0.3 is 0 Å². The van der Waals surface area contributed by atoms with E-state index in [0.717, 1.165) is 26.2 Å². The maximum absolute atomic E-state index is 5.02. The second kappa shape index (κ2) is 6.73. The van der Waals surface area contributed by atoms with Crippen molar-refractivity contribution in [1.82, 2.24) is 9.88 Å². The molecule has 98 valence electrons. The van der Waals surface area contributed by atoms with Crippen LogP contribution in [0.1, 0.15) is 16.1 Å². The van der Waals surface area contributed by atoms with Crippen LogP contribution in [0.2, 0.25) is 0 Å². The Morgan fingerprint density at radius 3 is 3.00 bits per heavy atom. The highest BCUT2D eigenvalue weighted by Crippen LogP contribution is 2.15. The van der Waals surface area contributed by atoms with E-state index in [2.05, 4.69) is 46.6 Å². The molecule has 4 heteroatoms. The summed E-state index contributed by atoms with van der Waals surface area (Å²) in [7, 11) is 1.73.